The van der Waals surface area contributed by atoms with E-state index in [1.54, 1.807) is 12.3 Å². The maximum atomic E-state index is 12.7. The first-order valence-electron chi connectivity index (χ1n) is 9.47. The van der Waals surface area contributed by atoms with Crippen LogP contribution in [0.1, 0.15) is 21.5 Å². The molecule has 1 N–H and O–H groups in total. The summed E-state index contributed by atoms with van der Waals surface area (Å²) in [5, 5.41) is 5.25. The Balaban J connectivity index is 1.38. The molecule has 8 heteroatoms. The van der Waals surface area contributed by atoms with Gasteiger partial charge >= 0.3 is 0 Å². The van der Waals surface area contributed by atoms with Crippen LogP contribution in [-0.2, 0) is 11.2 Å². The third-order valence-corrected chi connectivity index (χ3v) is 5.73. The molecule has 0 radical (unpaired) electrons. The number of aromatic nitrogens is 2. The zero-order valence-electron chi connectivity index (χ0n) is 15.7. The van der Waals surface area contributed by atoms with Gasteiger partial charge in [0.2, 0.25) is 0 Å². The van der Waals surface area contributed by atoms with Crippen LogP contribution in [-0.4, -0.2) is 47.9 Å². The number of nitrogens with zero attached hydrogens (tertiary/aromatic N) is 4. The molecule has 0 saturated carbocycles. The Bertz CT molecular complexity index is 1060. The number of ether oxygens (including phenoxy) is 1. The molecular weight excluding hydrogens is 386 g/mol. The lowest BCUT2D eigenvalue weighted by Gasteiger charge is -2.27. The number of carbonyl (C=O) groups is 1. The summed E-state index contributed by atoms with van der Waals surface area (Å²) in [5.41, 5.74) is 4.24. The highest BCUT2D eigenvalue weighted by Crippen LogP contribution is 2.33. The summed E-state index contributed by atoms with van der Waals surface area (Å²) in [6.45, 7) is 3.18. The maximum Gasteiger partial charge on any atom is 0.259 e. The molecule has 29 heavy (non-hydrogen) atoms. The monoisotopic (exact) mass is 405 g/mol. The standard InChI is InChI=1S/C21H19N5O2S/c27-20(25-21-22-6-11-29-21)16-3-1-2-14-12-17(24-19(14)16)15-4-5-18(23-13-15)26-7-9-28-10-8-26/h1-6,11,13H,7-10,12H2,(H,22,25,27). The highest BCUT2D eigenvalue weighted by Gasteiger charge is 2.23. The number of fused-ring (bicyclic) bond motifs is 1. The van der Waals surface area contributed by atoms with E-state index in [1.165, 1.54) is 11.3 Å². The molecule has 0 aliphatic carbocycles. The van der Waals surface area contributed by atoms with E-state index in [0.717, 1.165) is 54.6 Å². The van der Waals surface area contributed by atoms with E-state index in [-0.39, 0.29) is 5.91 Å². The van der Waals surface area contributed by atoms with Crippen molar-refractivity contribution >= 4 is 39.6 Å². The van der Waals surface area contributed by atoms with Crippen molar-refractivity contribution in [2.45, 2.75) is 6.42 Å². The van der Waals surface area contributed by atoms with Crippen molar-refractivity contribution in [2.24, 2.45) is 4.99 Å². The molecule has 0 bridgehead atoms. The molecule has 2 aromatic heterocycles. The molecule has 2 aliphatic heterocycles. The summed E-state index contributed by atoms with van der Waals surface area (Å²) < 4.78 is 5.40. The number of morpholine rings is 1. The molecule has 2 aliphatic rings. The molecule has 5 rings (SSSR count). The predicted molar refractivity (Wildman–Crippen MR) is 114 cm³/mol. The van der Waals surface area contributed by atoms with Gasteiger partial charge < -0.3 is 9.64 Å². The summed E-state index contributed by atoms with van der Waals surface area (Å²) in [5.74, 6) is 0.763. The van der Waals surface area contributed by atoms with Crippen molar-refractivity contribution in [1.29, 1.82) is 0 Å². The first kappa shape index (κ1) is 18.0. The van der Waals surface area contributed by atoms with Gasteiger partial charge in [-0.05, 0) is 23.8 Å². The van der Waals surface area contributed by atoms with Gasteiger partial charge in [-0.2, -0.15) is 0 Å². The van der Waals surface area contributed by atoms with Crippen LogP contribution in [0.25, 0.3) is 0 Å². The van der Waals surface area contributed by atoms with E-state index in [4.69, 9.17) is 9.73 Å². The van der Waals surface area contributed by atoms with Gasteiger partial charge in [-0.15, -0.1) is 11.3 Å². The van der Waals surface area contributed by atoms with Gasteiger partial charge in [-0.3, -0.25) is 15.1 Å². The number of para-hydroxylation sites is 1. The Morgan fingerprint density at radius 3 is 2.79 bits per heavy atom. The lowest BCUT2D eigenvalue weighted by Crippen LogP contribution is -2.36. The number of benzene rings is 1. The van der Waals surface area contributed by atoms with Crippen molar-refractivity contribution in [3.8, 4) is 0 Å². The van der Waals surface area contributed by atoms with Crippen LogP contribution in [0.15, 0.2) is 53.1 Å². The van der Waals surface area contributed by atoms with Crippen LogP contribution in [0, 0.1) is 0 Å². The van der Waals surface area contributed by atoms with Crippen LogP contribution < -0.4 is 10.2 Å². The largest absolute Gasteiger partial charge is 0.378 e. The molecule has 7 nitrogen and oxygen atoms in total. The first-order valence-corrected chi connectivity index (χ1v) is 10.4. The van der Waals surface area contributed by atoms with E-state index >= 15 is 0 Å². The van der Waals surface area contributed by atoms with Crippen LogP contribution in [0.5, 0.6) is 0 Å². The summed E-state index contributed by atoms with van der Waals surface area (Å²) in [6.07, 6.45) is 4.22. The number of nitrogens with one attached hydrogen (secondary N) is 1. The van der Waals surface area contributed by atoms with Crippen molar-refractivity contribution in [3.05, 3.63) is 64.8 Å². The average molecular weight is 405 g/mol. The molecule has 0 unspecified atom stereocenters. The lowest BCUT2D eigenvalue weighted by atomic mass is 10.0. The van der Waals surface area contributed by atoms with Gasteiger partial charge in [-0.1, -0.05) is 12.1 Å². The molecule has 0 atom stereocenters. The van der Waals surface area contributed by atoms with E-state index < -0.39 is 0 Å². The number of aliphatic imine (C=N–C) groups is 1. The molecule has 4 heterocycles. The van der Waals surface area contributed by atoms with E-state index in [2.05, 4.69) is 26.3 Å². The van der Waals surface area contributed by atoms with Gasteiger partial charge in [0.15, 0.2) is 5.13 Å². The van der Waals surface area contributed by atoms with Crippen molar-refractivity contribution < 1.29 is 9.53 Å². The second kappa shape index (κ2) is 7.73. The van der Waals surface area contributed by atoms with Gasteiger partial charge in [0, 0.05) is 42.8 Å². The number of pyridine rings is 1. The Hall–Kier alpha value is -3.10. The average Bonchev–Trinajstić information content (AvgIpc) is 3.44. The second-order valence-electron chi connectivity index (χ2n) is 6.84. The summed E-state index contributed by atoms with van der Waals surface area (Å²) in [6, 6.07) is 9.80. The van der Waals surface area contributed by atoms with Crippen molar-refractivity contribution in [1.82, 2.24) is 9.97 Å². The van der Waals surface area contributed by atoms with Gasteiger partial charge in [0.05, 0.1) is 30.2 Å². The minimum atomic E-state index is -0.192. The highest BCUT2D eigenvalue weighted by atomic mass is 32.1. The fourth-order valence-electron chi connectivity index (χ4n) is 3.56. The molecule has 1 fully saturated rings. The van der Waals surface area contributed by atoms with Crippen LogP contribution in [0.3, 0.4) is 0 Å². The minimum Gasteiger partial charge on any atom is -0.378 e. The van der Waals surface area contributed by atoms with Gasteiger partial charge in [0.25, 0.3) is 5.91 Å². The number of anilines is 2. The zero-order valence-corrected chi connectivity index (χ0v) is 16.5. The zero-order chi connectivity index (χ0) is 19.6. The number of hydrogen-bond donors (Lipinski definition) is 1. The van der Waals surface area contributed by atoms with Crippen LogP contribution in [0.2, 0.25) is 0 Å². The SMILES string of the molecule is O=C(Nc1nccs1)c1cccc2c1N=C(c1ccc(N3CCOCC3)nc1)C2. The lowest BCUT2D eigenvalue weighted by molar-refractivity contribution is 0.102. The van der Waals surface area contributed by atoms with E-state index in [1.807, 2.05) is 29.8 Å². The maximum absolute atomic E-state index is 12.7. The quantitative estimate of drug-likeness (QED) is 0.720. The normalized spacial score (nSPS) is 15.7. The number of hydrogen-bond acceptors (Lipinski definition) is 7. The van der Waals surface area contributed by atoms with E-state index in [9.17, 15) is 4.79 Å². The third kappa shape index (κ3) is 3.64. The van der Waals surface area contributed by atoms with E-state index in [0.29, 0.717) is 17.1 Å². The Morgan fingerprint density at radius 1 is 1.14 bits per heavy atom. The smallest absolute Gasteiger partial charge is 0.259 e. The topological polar surface area (TPSA) is 79.7 Å². The molecule has 3 aromatic rings. The molecule has 1 saturated heterocycles. The Labute approximate surface area is 172 Å². The fraction of sp³-hybridized carbons (Fsp3) is 0.238. The summed E-state index contributed by atoms with van der Waals surface area (Å²) in [4.78, 5) is 28.4. The minimum absolute atomic E-state index is 0.192. The Morgan fingerprint density at radius 2 is 2.03 bits per heavy atom. The molecule has 0 spiro atoms. The van der Waals surface area contributed by atoms with Gasteiger partial charge in [-0.25, -0.2) is 9.97 Å². The second-order valence-corrected chi connectivity index (χ2v) is 7.74. The third-order valence-electron chi connectivity index (χ3n) is 5.04. The number of rotatable bonds is 4. The fourth-order valence-corrected chi connectivity index (χ4v) is 4.08. The predicted octanol–water partition coefficient (Wildman–Crippen LogP) is 3.30. The van der Waals surface area contributed by atoms with Crippen molar-refractivity contribution in [3.63, 3.8) is 0 Å². The van der Waals surface area contributed by atoms with Crippen LogP contribution >= 0.6 is 11.3 Å². The highest BCUT2D eigenvalue weighted by molar-refractivity contribution is 7.13. The molecule has 1 amide bonds. The number of thiazole rings is 1. The number of amides is 1. The number of carbonyl (C=O) groups excluding carboxylic acids is 1. The van der Waals surface area contributed by atoms with Crippen molar-refractivity contribution in [2.75, 3.05) is 36.5 Å². The van der Waals surface area contributed by atoms with Crippen LogP contribution in [0.4, 0.5) is 16.6 Å². The summed E-state index contributed by atoms with van der Waals surface area (Å²) in [7, 11) is 0. The Kier molecular flexibility index (Phi) is 4.79. The summed E-state index contributed by atoms with van der Waals surface area (Å²) >= 11 is 1.39. The first-order chi connectivity index (χ1) is 14.3. The van der Waals surface area contributed by atoms with Gasteiger partial charge in [0.1, 0.15) is 5.82 Å². The molecule has 146 valence electrons. The molecular formula is C21H19N5O2S. The molecule has 1 aromatic carbocycles.